The summed E-state index contributed by atoms with van der Waals surface area (Å²) >= 11 is 0. The molecule has 1 aromatic heterocycles. The second-order valence-electron chi connectivity index (χ2n) is 3.52. The molecule has 2 rings (SSSR count). The maximum Gasteiger partial charge on any atom is 0.330 e. The summed E-state index contributed by atoms with van der Waals surface area (Å²) in [7, 11) is 0. The molecule has 1 unspecified atom stereocenters. The maximum absolute atomic E-state index is 11.4. The van der Waals surface area contributed by atoms with Gasteiger partial charge in [-0.15, -0.1) is 0 Å². The van der Waals surface area contributed by atoms with Gasteiger partial charge in [0.25, 0.3) is 5.56 Å². The third kappa shape index (κ3) is 1.92. The summed E-state index contributed by atoms with van der Waals surface area (Å²) in [5.74, 6) is 0. The van der Waals surface area contributed by atoms with Crippen molar-refractivity contribution in [3.63, 3.8) is 0 Å². The van der Waals surface area contributed by atoms with E-state index in [1.165, 1.54) is 6.20 Å². The molecule has 7 nitrogen and oxygen atoms in total. The van der Waals surface area contributed by atoms with Crippen molar-refractivity contribution in [2.24, 2.45) is 0 Å². The number of aromatic amines is 1. The number of nitrogens with one attached hydrogen (secondary N) is 1. The fraction of sp³-hybridized carbons (Fsp3) is 0.556. The minimum Gasteiger partial charge on any atom is -0.394 e. The summed E-state index contributed by atoms with van der Waals surface area (Å²) in [5.41, 5.74) is -1.18. The van der Waals surface area contributed by atoms with Gasteiger partial charge in [0.05, 0.1) is 14.1 Å². The predicted octanol–water partition coefficient (Wildman–Crippen LogP) is -1.82. The minimum absolute atomic E-state index is 0.0759. The molecule has 16 heavy (non-hydrogen) atoms. The molecule has 1 fully saturated rings. The molecule has 2 heterocycles. The van der Waals surface area contributed by atoms with Gasteiger partial charge in [0.2, 0.25) is 0 Å². The van der Waals surface area contributed by atoms with Crippen molar-refractivity contribution in [3.8, 4) is 0 Å². The zero-order valence-electron chi connectivity index (χ0n) is 9.24. The van der Waals surface area contributed by atoms with Crippen molar-refractivity contribution in [1.29, 1.82) is 0 Å². The Morgan fingerprint density at radius 3 is 3.00 bits per heavy atom. The summed E-state index contributed by atoms with van der Waals surface area (Å²) < 4.78 is 13.4. The van der Waals surface area contributed by atoms with Crippen molar-refractivity contribution in [3.05, 3.63) is 33.1 Å². The first-order valence-electron chi connectivity index (χ1n) is 5.32. The van der Waals surface area contributed by atoms with Crippen molar-refractivity contribution >= 4 is 0 Å². The fourth-order valence-electron chi connectivity index (χ4n) is 1.64. The van der Waals surface area contributed by atoms with Crippen LogP contribution >= 0.6 is 0 Å². The molecule has 0 aliphatic carbocycles. The van der Waals surface area contributed by atoms with Crippen LogP contribution in [0.4, 0.5) is 0 Å². The number of aliphatic hydroxyl groups excluding tert-OH is 2. The molecule has 0 saturated carbocycles. The van der Waals surface area contributed by atoms with E-state index in [4.69, 9.17) is 11.2 Å². The van der Waals surface area contributed by atoms with Gasteiger partial charge >= 0.3 is 5.69 Å². The third-order valence-corrected chi connectivity index (χ3v) is 2.44. The van der Waals surface area contributed by atoms with Crippen LogP contribution < -0.4 is 11.2 Å². The van der Waals surface area contributed by atoms with E-state index in [2.05, 4.69) is 4.98 Å². The SMILES string of the molecule is [2H]C(O)[C@H]1O[C@@H](n2ccc(=O)[nH]c2=O)C[C@@H]1O. The lowest BCUT2D eigenvalue weighted by atomic mass is 10.2. The maximum atomic E-state index is 11.4. The van der Waals surface area contributed by atoms with Crippen LogP contribution in [0, 0.1) is 0 Å². The number of hydrogen-bond donors (Lipinski definition) is 3. The van der Waals surface area contributed by atoms with Gasteiger partial charge in [0.15, 0.2) is 0 Å². The molecule has 3 N–H and O–H groups in total. The normalized spacial score (nSPS) is 32.4. The Balaban J connectivity index is 2.26. The third-order valence-electron chi connectivity index (χ3n) is 2.44. The van der Waals surface area contributed by atoms with Crippen LogP contribution in [0.1, 0.15) is 14.0 Å². The van der Waals surface area contributed by atoms with E-state index >= 15 is 0 Å². The summed E-state index contributed by atoms with van der Waals surface area (Å²) in [6.07, 6.45) is -1.55. The van der Waals surface area contributed by atoms with Crippen LogP contribution in [-0.2, 0) is 4.74 Å². The molecular formula is C9H12N2O5. The molecule has 0 bridgehead atoms. The molecule has 0 aromatic carbocycles. The predicted molar refractivity (Wildman–Crippen MR) is 52.9 cm³/mol. The molecule has 88 valence electrons. The second kappa shape index (κ2) is 4.20. The number of aromatic nitrogens is 2. The van der Waals surface area contributed by atoms with E-state index in [1.807, 2.05) is 0 Å². The molecule has 4 atom stereocenters. The number of rotatable bonds is 2. The average Bonchev–Trinajstić information content (AvgIpc) is 2.60. The highest BCUT2D eigenvalue weighted by Gasteiger charge is 2.34. The van der Waals surface area contributed by atoms with Gasteiger partial charge in [-0.25, -0.2) is 4.79 Å². The van der Waals surface area contributed by atoms with Crippen LogP contribution in [0.3, 0.4) is 0 Å². The van der Waals surface area contributed by atoms with Crippen LogP contribution in [0.15, 0.2) is 21.9 Å². The first-order valence-corrected chi connectivity index (χ1v) is 4.74. The van der Waals surface area contributed by atoms with Crippen LogP contribution in [0.25, 0.3) is 0 Å². The molecule has 0 spiro atoms. The van der Waals surface area contributed by atoms with Gasteiger partial charge < -0.3 is 14.9 Å². The highest BCUT2D eigenvalue weighted by molar-refractivity contribution is 4.88. The molecule has 1 aliphatic rings. The Morgan fingerprint density at radius 2 is 2.44 bits per heavy atom. The van der Waals surface area contributed by atoms with Crippen molar-refractivity contribution in [1.82, 2.24) is 9.55 Å². The second-order valence-corrected chi connectivity index (χ2v) is 3.52. The average molecular weight is 229 g/mol. The van der Waals surface area contributed by atoms with E-state index in [9.17, 15) is 14.7 Å². The first kappa shape index (κ1) is 9.76. The highest BCUT2D eigenvalue weighted by atomic mass is 16.5. The van der Waals surface area contributed by atoms with Gasteiger partial charge in [-0.1, -0.05) is 0 Å². The number of hydrogen-bond acceptors (Lipinski definition) is 5. The van der Waals surface area contributed by atoms with Gasteiger partial charge in [0.1, 0.15) is 12.3 Å². The summed E-state index contributed by atoms with van der Waals surface area (Å²) in [6.45, 7) is -1.58. The number of ether oxygens (including phenoxy) is 1. The Labute approximate surface area is 91.3 Å². The van der Waals surface area contributed by atoms with Crippen LogP contribution in [-0.4, -0.2) is 38.6 Å². The number of nitrogens with zero attached hydrogens (tertiary/aromatic N) is 1. The fourth-order valence-corrected chi connectivity index (χ4v) is 1.64. The van der Waals surface area contributed by atoms with E-state index in [-0.39, 0.29) is 6.42 Å². The Hall–Kier alpha value is -1.44. The van der Waals surface area contributed by atoms with Crippen LogP contribution in [0.2, 0.25) is 0 Å². The lowest BCUT2D eigenvalue weighted by Gasteiger charge is -2.13. The van der Waals surface area contributed by atoms with Gasteiger partial charge in [0, 0.05) is 18.7 Å². The van der Waals surface area contributed by atoms with E-state index in [0.29, 0.717) is 0 Å². The van der Waals surface area contributed by atoms with Crippen molar-refractivity contribution in [2.45, 2.75) is 24.9 Å². The molecule has 1 aromatic rings. The monoisotopic (exact) mass is 229 g/mol. The smallest absolute Gasteiger partial charge is 0.330 e. The lowest BCUT2D eigenvalue weighted by molar-refractivity contribution is -0.0459. The standard InChI is InChI=1S/C9H12N2O5/c12-4-6-5(13)3-8(16-6)11-2-1-7(14)10-9(11)15/h1-2,5-6,8,12-13H,3-4H2,(H,10,14,15)/t5-,6+,8+/m0/s1/i4D/t4?,5-,6+,8+. The first-order chi connectivity index (χ1) is 7.99. The zero-order valence-corrected chi connectivity index (χ0v) is 8.24. The largest absolute Gasteiger partial charge is 0.394 e. The molecule has 0 amide bonds. The van der Waals surface area contributed by atoms with Gasteiger partial charge in [-0.3, -0.25) is 14.3 Å². The minimum atomic E-state index is -1.58. The van der Waals surface area contributed by atoms with Crippen molar-refractivity contribution < 1.29 is 16.3 Å². The summed E-state index contributed by atoms with van der Waals surface area (Å²) in [6, 6.07) is 1.15. The van der Waals surface area contributed by atoms with Gasteiger partial charge in [-0.05, 0) is 0 Å². The molecule has 7 heteroatoms. The highest BCUT2D eigenvalue weighted by Crippen LogP contribution is 2.26. The Bertz CT molecular complexity index is 511. The summed E-state index contributed by atoms with van der Waals surface area (Å²) in [5, 5.41) is 18.6. The number of aliphatic hydroxyl groups is 2. The van der Waals surface area contributed by atoms with E-state index in [1.54, 1.807) is 0 Å². The van der Waals surface area contributed by atoms with E-state index in [0.717, 1.165) is 10.6 Å². The topological polar surface area (TPSA) is 105 Å². The van der Waals surface area contributed by atoms with E-state index < -0.39 is 36.3 Å². The summed E-state index contributed by atoms with van der Waals surface area (Å²) in [4.78, 5) is 24.4. The quantitative estimate of drug-likeness (QED) is 0.553. The Kier molecular flexibility index (Phi) is 2.56. The lowest BCUT2D eigenvalue weighted by Crippen LogP contribution is -2.31. The molecule has 0 radical (unpaired) electrons. The number of H-pyrrole nitrogens is 1. The molecule has 1 saturated heterocycles. The molecular weight excluding hydrogens is 216 g/mol. The van der Waals surface area contributed by atoms with Crippen LogP contribution in [0.5, 0.6) is 0 Å². The molecule has 1 aliphatic heterocycles. The van der Waals surface area contributed by atoms with Gasteiger partial charge in [-0.2, -0.15) is 0 Å². The zero-order chi connectivity index (χ0) is 12.6. The van der Waals surface area contributed by atoms with Crippen molar-refractivity contribution in [2.75, 3.05) is 6.58 Å². The Morgan fingerprint density at radius 1 is 1.69 bits per heavy atom.